The molecule has 1 aromatic rings. The molecule has 0 atom stereocenters. The number of hydrogen-bond donors (Lipinski definition) is 2. The average molecular weight is 308 g/mol. The number of nitrogens with zero attached hydrogens (tertiary/aromatic N) is 3. The summed E-state index contributed by atoms with van der Waals surface area (Å²) in [5.74, 6) is -0.313. The Bertz CT molecular complexity index is 568. The molecule has 0 radical (unpaired) electrons. The Morgan fingerprint density at radius 1 is 1.36 bits per heavy atom. The number of amides is 1. The van der Waals surface area contributed by atoms with Gasteiger partial charge in [0.2, 0.25) is 0 Å². The van der Waals surface area contributed by atoms with Crippen LogP contribution in [0.4, 0.5) is 11.4 Å². The second-order valence-electron chi connectivity index (χ2n) is 5.74. The van der Waals surface area contributed by atoms with Gasteiger partial charge in [-0.3, -0.25) is 20.3 Å². The third-order valence-electron chi connectivity index (χ3n) is 3.79. The summed E-state index contributed by atoms with van der Waals surface area (Å²) < 4.78 is 0. The molecule has 8 nitrogen and oxygen atoms in total. The highest BCUT2D eigenvalue weighted by atomic mass is 16.6. The quantitative estimate of drug-likeness (QED) is 0.558. The number of nitro groups is 1. The molecule has 0 saturated carbocycles. The topological polar surface area (TPSA) is 83.2 Å². The van der Waals surface area contributed by atoms with Gasteiger partial charge in [0, 0.05) is 31.9 Å². The lowest BCUT2D eigenvalue weighted by atomic mass is 10.1. The van der Waals surface area contributed by atoms with E-state index in [0.717, 1.165) is 26.2 Å². The van der Waals surface area contributed by atoms with Crippen molar-refractivity contribution in [1.82, 2.24) is 10.4 Å². The van der Waals surface area contributed by atoms with Gasteiger partial charge in [-0.2, -0.15) is 0 Å². The number of nitrogens with one attached hydrogen (secondary N) is 2. The first-order chi connectivity index (χ1) is 10.4. The summed E-state index contributed by atoms with van der Waals surface area (Å²) in [6, 6.07) is 4.33. The molecule has 1 aliphatic heterocycles. The Kier molecular flexibility index (Phi) is 4.94. The predicted molar refractivity (Wildman–Crippen MR) is 83.1 cm³/mol. The van der Waals surface area contributed by atoms with Crippen LogP contribution in [0.3, 0.4) is 0 Å². The molecule has 0 bridgehead atoms. The van der Waals surface area contributed by atoms with Crippen LogP contribution in [0.2, 0.25) is 0 Å². The van der Waals surface area contributed by atoms with Gasteiger partial charge in [0.05, 0.1) is 43.7 Å². The first-order valence-electron chi connectivity index (χ1n) is 7.21. The lowest BCUT2D eigenvalue weighted by Gasteiger charge is -2.30. The van der Waals surface area contributed by atoms with Crippen LogP contribution in [0.25, 0.3) is 0 Å². The summed E-state index contributed by atoms with van der Waals surface area (Å²) >= 11 is 0. The molecule has 8 heteroatoms. The molecule has 1 amide bonds. The van der Waals surface area contributed by atoms with Crippen molar-refractivity contribution < 1.29 is 14.6 Å². The average Bonchev–Trinajstić information content (AvgIpc) is 2.48. The van der Waals surface area contributed by atoms with Crippen molar-refractivity contribution in [3.8, 4) is 0 Å². The minimum absolute atomic E-state index is 0.0847. The molecule has 120 valence electrons. The summed E-state index contributed by atoms with van der Waals surface area (Å²) in [6.07, 6.45) is 0. The lowest BCUT2D eigenvalue weighted by molar-refractivity contribution is -0.884. The molecule has 2 rings (SSSR count). The number of piperazine rings is 1. The predicted octanol–water partition coefficient (Wildman–Crippen LogP) is -0.864. The molecule has 2 N–H and O–H groups in total. The highest BCUT2D eigenvalue weighted by molar-refractivity contribution is 6.00. The van der Waals surface area contributed by atoms with Crippen molar-refractivity contribution in [3.63, 3.8) is 0 Å². The van der Waals surface area contributed by atoms with Crippen LogP contribution < -0.4 is 15.2 Å². The SMILES string of the molecule is CN(C)c1ccc([N+](=O)[O-])cc1C(=O)NN1CC[NH+](C)CC1. The van der Waals surface area contributed by atoms with Crippen LogP contribution in [0.15, 0.2) is 18.2 Å². The minimum atomic E-state index is -0.491. The number of hydrazine groups is 1. The first kappa shape index (κ1) is 16.2. The van der Waals surface area contributed by atoms with E-state index in [1.807, 2.05) is 5.01 Å². The Hall–Kier alpha value is -2.19. The smallest absolute Gasteiger partial charge is 0.270 e. The maximum Gasteiger partial charge on any atom is 0.270 e. The van der Waals surface area contributed by atoms with E-state index in [1.165, 1.54) is 17.0 Å². The van der Waals surface area contributed by atoms with Gasteiger partial charge >= 0.3 is 0 Å². The summed E-state index contributed by atoms with van der Waals surface area (Å²) in [4.78, 5) is 26.1. The number of anilines is 1. The van der Waals surface area contributed by atoms with Crippen molar-refractivity contribution in [2.75, 3.05) is 52.2 Å². The van der Waals surface area contributed by atoms with Gasteiger partial charge in [-0.1, -0.05) is 0 Å². The molecule has 0 aliphatic carbocycles. The van der Waals surface area contributed by atoms with Gasteiger partial charge in [0.25, 0.3) is 11.6 Å². The standard InChI is InChI=1S/C14H21N5O3/c1-16(2)13-5-4-11(19(21)22)10-12(13)14(20)15-18-8-6-17(3)7-9-18/h4-5,10H,6-9H2,1-3H3,(H,15,20)/p+1. The van der Waals surface area contributed by atoms with Gasteiger partial charge in [-0.05, 0) is 6.07 Å². The summed E-state index contributed by atoms with van der Waals surface area (Å²) in [5, 5.41) is 12.8. The largest absolute Gasteiger partial charge is 0.377 e. The third kappa shape index (κ3) is 3.71. The van der Waals surface area contributed by atoms with Gasteiger partial charge in [-0.15, -0.1) is 0 Å². The van der Waals surface area contributed by atoms with Gasteiger partial charge in [0.1, 0.15) is 0 Å². The monoisotopic (exact) mass is 308 g/mol. The molecule has 1 fully saturated rings. The van der Waals surface area contributed by atoms with Crippen LogP contribution in [-0.4, -0.2) is 63.2 Å². The second kappa shape index (κ2) is 6.71. The number of quaternary nitrogens is 1. The van der Waals surface area contributed by atoms with Crippen LogP contribution in [0, 0.1) is 10.1 Å². The van der Waals surface area contributed by atoms with Crippen molar-refractivity contribution >= 4 is 17.3 Å². The molecule has 0 spiro atoms. The Morgan fingerprint density at radius 3 is 2.55 bits per heavy atom. The van der Waals surface area contributed by atoms with Crippen LogP contribution in [0.1, 0.15) is 10.4 Å². The summed E-state index contributed by atoms with van der Waals surface area (Å²) in [6.45, 7) is 3.44. The zero-order valence-electron chi connectivity index (χ0n) is 13.1. The molecule has 22 heavy (non-hydrogen) atoms. The van der Waals surface area contributed by atoms with E-state index in [2.05, 4.69) is 12.5 Å². The van der Waals surface area contributed by atoms with Gasteiger partial charge in [-0.25, -0.2) is 5.01 Å². The minimum Gasteiger partial charge on any atom is -0.377 e. The Morgan fingerprint density at radius 2 is 2.00 bits per heavy atom. The van der Waals surface area contributed by atoms with Gasteiger partial charge < -0.3 is 9.80 Å². The fourth-order valence-corrected chi connectivity index (χ4v) is 2.41. The Balaban J connectivity index is 2.19. The van der Waals surface area contributed by atoms with Crippen LogP contribution in [0.5, 0.6) is 0 Å². The molecule has 1 aromatic carbocycles. The Labute approximate surface area is 129 Å². The zero-order chi connectivity index (χ0) is 16.3. The first-order valence-corrected chi connectivity index (χ1v) is 7.21. The highest BCUT2D eigenvalue weighted by Gasteiger charge is 2.22. The van der Waals surface area contributed by atoms with Crippen molar-refractivity contribution in [1.29, 1.82) is 0 Å². The van der Waals surface area contributed by atoms with E-state index in [4.69, 9.17) is 0 Å². The second-order valence-corrected chi connectivity index (χ2v) is 5.74. The number of nitro benzene ring substituents is 1. The number of carbonyl (C=O) groups is 1. The fourth-order valence-electron chi connectivity index (χ4n) is 2.41. The van der Waals surface area contributed by atoms with E-state index in [-0.39, 0.29) is 11.6 Å². The molecule has 1 heterocycles. The fraction of sp³-hybridized carbons (Fsp3) is 0.500. The maximum atomic E-state index is 12.5. The molecule has 1 saturated heterocycles. The maximum absolute atomic E-state index is 12.5. The van der Waals surface area contributed by atoms with Crippen molar-refractivity contribution in [3.05, 3.63) is 33.9 Å². The van der Waals surface area contributed by atoms with E-state index in [9.17, 15) is 14.9 Å². The van der Waals surface area contributed by atoms with E-state index < -0.39 is 4.92 Å². The van der Waals surface area contributed by atoms with Crippen LogP contribution in [-0.2, 0) is 0 Å². The molecule has 1 aliphatic rings. The number of carbonyl (C=O) groups excluding carboxylic acids is 1. The van der Waals surface area contributed by atoms with E-state index >= 15 is 0 Å². The van der Waals surface area contributed by atoms with Crippen LogP contribution >= 0.6 is 0 Å². The van der Waals surface area contributed by atoms with Crippen molar-refractivity contribution in [2.45, 2.75) is 0 Å². The summed E-state index contributed by atoms with van der Waals surface area (Å²) in [5.41, 5.74) is 3.73. The lowest BCUT2D eigenvalue weighted by Crippen LogP contribution is -3.12. The van der Waals surface area contributed by atoms with Crippen molar-refractivity contribution in [2.24, 2.45) is 0 Å². The number of benzene rings is 1. The molecular weight excluding hydrogens is 286 g/mol. The zero-order valence-corrected chi connectivity index (χ0v) is 13.1. The van der Waals surface area contributed by atoms with E-state index in [0.29, 0.717) is 11.3 Å². The number of non-ortho nitro benzene ring substituents is 1. The molecule has 0 unspecified atom stereocenters. The molecular formula is C14H22N5O3+. The van der Waals surface area contributed by atoms with Gasteiger partial charge in [0.15, 0.2) is 0 Å². The van der Waals surface area contributed by atoms with E-state index in [1.54, 1.807) is 25.1 Å². The number of rotatable bonds is 4. The number of hydrogen-bond acceptors (Lipinski definition) is 5. The molecule has 0 aromatic heterocycles. The summed E-state index contributed by atoms with van der Waals surface area (Å²) in [7, 11) is 5.72. The number of likely N-dealkylation sites (N-methyl/N-ethyl adjacent to an activating group) is 1. The third-order valence-corrected chi connectivity index (χ3v) is 3.79. The highest BCUT2D eigenvalue weighted by Crippen LogP contribution is 2.24. The normalized spacial score (nSPS) is 16.3.